The SMILES string of the molecule is CC1CN(C(=O)c2ccc[nH]2)Cc2c(C(=O)NC3CNC3)nn(Cc3ccc(F)cc3)c21. The highest BCUT2D eigenvalue weighted by Crippen LogP contribution is 2.32. The Morgan fingerprint density at radius 2 is 2.00 bits per heavy atom. The molecule has 4 heterocycles. The molecule has 3 aromatic rings. The fourth-order valence-electron chi connectivity index (χ4n) is 4.39. The van der Waals surface area contributed by atoms with Gasteiger partial charge in [-0.15, -0.1) is 0 Å². The zero-order valence-electron chi connectivity index (χ0n) is 17.8. The topological polar surface area (TPSA) is 95.1 Å². The van der Waals surface area contributed by atoms with E-state index < -0.39 is 0 Å². The van der Waals surface area contributed by atoms with Crippen molar-refractivity contribution in [1.29, 1.82) is 0 Å². The molecule has 166 valence electrons. The Labute approximate surface area is 184 Å². The third-order valence-corrected chi connectivity index (χ3v) is 6.10. The summed E-state index contributed by atoms with van der Waals surface area (Å²) in [6.07, 6.45) is 1.72. The van der Waals surface area contributed by atoms with E-state index in [9.17, 15) is 14.0 Å². The van der Waals surface area contributed by atoms with Crippen molar-refractivity contribution in [3.8, 4) is 0 Å². The Morgan fingerprint density at radius 1 is 1.22 bits per heavy atom. The van der Waals surface area contributed by atoms with E-state index in [-0.39, 0.29) is 29.6 Å². The minimum absolute atomic E-state index is 0.0162. The van der Waals surface area contributed by atoms with Gasteiger partial charge in [-0.25, -0.2) is 4.39 Å². The van der Waals surface area contributed by atoms with Crippen molar-refractivity contribution in [3.63, 3.8) is 0 Å². The predicted molar refractivity (Wildman–Crippen MR) is 116 cm³/mol. The number of halogens is 1. The highest BCUT2D eigenvalue weighted by atomic mass is 19.1. The molecule has 5 rings (SSSR count). The van der Waals surface area contributed by atoms with Crippen LogP contribution < -0.4 is 10.6 Å². The standard InChI is InChI=1S/C23H25FN6O2/c1-14-11-29(23(32)19-3-2-8-26-19)13-18-20(22(31)27-17-9-25-10-17)28-30(21(14)18)12-15-4-6-16(24)7-5-15/h2-8,14,17,25-26H,9-13H2,1H3,(H,27,31). The summed E-state index contributed by atoms with van der Waals surface area (Å²) in [5, 5.41) is 10.8. The van der Waals surface area contributed by atoms with Crippen LogP contribution in [-0.2, 0) is 13.1 Å². The van der Waals surface area contributed by atoms with E-state index in [0.717, 1.165) is 29.9 Å². The fourth-order valence-corrected chi connectivity index (χ4v) is 4.39. The number of hydrogen-bond donors (Lipinski definition) is 3. The first-order valence-corrected chi connectivity index (χ1v) is 10.8. The lowest BCUT2D eigenvalue weighted by molar-refractivity contribution is 0.0710. The van der Waals surface area contributed by atoms with E-state index in [4.69, 9.17) is 0 Å². The summed E-state index contributed by atoms with van der Waals surface area (Å²) in [7, 11) is 0. The van der Waals surface area contributed by atoms with Crippen molar-refractivity contribution < 1.29 is 14.0 Å². The molecule has 1 unspecified atom stereocenters. The van der Waals surface area contributed by atoms with E-state index in [1.54, 1.807) is 35.4 Å². The highest BCUT2D eigenvalue weighted by Gasteiger charge is 2.35. The van der Waals surface area contributed by atoms with Gasteiger partial charge in [-0.3, -0.25) is 14.3 Å². The van der Waals surface area contributed by atoms with Crippen molar-refractivity contribution in [2.24, 2.45) is 0 Å². The molecule has 0 aliphatic carbocycles. The van der Waals surface area contributed by atoms with E-state index in [1.165, 1.54) is 12.1 Å². The van der Waals surface area contributed by atoms with Crippen molar-refractivity contribution in [2.45, 2.75) is 32.0 Å². The summed E-state index contributed by atoms with van der Waals surface area (Å²) >= 11 is 0. The van der Waals surface area contributed by atoms with Gasteiger partial charge in [0.15, 0.2) is 5.69 Å². The van der Waals surface area contributed by atoms with Gasteiger partial charge in [0, 0.05) is 43.0 Å². The molecule has 1 aromatic carbocycles. The third kappa shape index (κ3) is 3.80. The van der Waals surface area contributed by atoms with Crippen LogP contribution in [0.4, 0.5) is 4.39 Å². The summed E-state index contributed by atoms with van der Waals surface area (Å²) in [6.45, 7) is 4.76. The van der Waals surface area contributed by atoms with Crippen molar-refractivity contribution >= 4 is 11.8 Å². The molecule has 0 bridgehead atoms. The molecule has 1 atom stereocenters. The Hall–Kier alpha value is -3.46. The van der Waals surface area contributed by atoms with Crippen LogP contribution in [-0.4, -0.2) is 57.2 Å². The number of aromatic nitrogens is 3. The first-order valence-electron chi connectivity index (χ1n) is 10.8. The number of rotatable bonds is 5. The van der Waals surface area contributed by atoms with E-state index in [1.807, 2.05) is 11.6 Å². The molecule has 8 nitrogen and oxygen atoms in total. The second-order valence-electron chi connectivity index (χ2n) is 8.50. The maximum atomic E-state index is 13.3. The van der Waals surface area contributed by atoms with Gasteiger partial charge in [0.25, 0.3) is 11.8 Å². The molecule has 1 fully saturated rings. The lowest BCUT2D eigenvalue weighted by Gasteiger charge is -2.32. The number of H-pyrrole nitrogens is 1. The number of carbonyl (C=O) groups excluding carboxylic acids is 2. The van der Waals surface area contributed by atoms with Gasteiger partial charge >= 0.3 is 0 Å². The maximum absolute atomic E-state index is 13.3. The number of fused-ring (bicyclic) bond motifs is 1. The molecule has 32 heavy (non-hydrogen) atoms. The van der Waals surface area contributed by atoms with Crippen LogP contribution in [0.25, 0.3) is 0 Å². The monoisotopic (exact) mass is 436 g/mol. The molecule has 0 spiro atoms. The van der Waals surface area contributed by atoms with Gasteiger partial charge < -0.3 is 20.5 Å². The van der Waals surface area contributed by atoms with Crippen molar-refractivity contribution in [2.75, 3.05) is 19.6 Å². The van der Waals surface area contributed by atoms with Gasteiger partial charge in [0.05, 0.1) is 19.1 Å². The molecule has 3 N–H and O–H groups in total. The summed E-state index contributed by atoms with van der Waals surface area (Å²) in [5.74, 6) is -0.643. The number of benzene rings is 1. The Bertz CT molecular complexity index is 1130. The summed E-state index contributed by atoms with van der Waals surface area (Å²) in [4.78, 5) is 30.8. The average Bonchev–Trinajstić information content (AvgIpc) is 3.40. The van der Waals surface area contributed by atoms with Gasteiger partial charge in [0.1, 0.15) is 11.5 Å². The summed E-state index contributed by atoms with van der Waals surface area (Å²) < 4.78 is 15.2. The van der Waals surface area contributed by atoms with E-state index in [0.29, 0.717) is 31.0 Å². The smallest absolute Gasteiger partial charge is 0.272 e. The second kappa shape index (κ2) is 8.23. The lowest BCUT2D eigenvalue weighted by atomic mass is 9.95. The normalized spacial score (nSPS) is 18.2. The van der Waals surface area contributed by atoms with Crippen LogP contribution in [0, 0.1) is 5.82 Å². The molecule has 9 heteroatoms. The van der Waals surface area contributed by atoms with Crippen LogP contribution in [0.15, 0.2) is 42.6 Å². The minimum atomic E-state index is -0.294. The van der Waals surface area contributed by atoms with Gasteiger partial charge in [-0.1, -0.05) is 19.1 Å². The van der Waals surface area contributed by atoms with Crippen LogP contribution in [0.1, 0.15) is 50.6 Å². The maximum Gasteiger partial charge on any atom is 0.272 e. The van der Waals surface area contributed by atoms with Crippen molar-refractivity contribution in [3.05, 3.63) is 76.6 Å². The van der Waals surface area contributed by atoms with Crippen LogP contribution in [0.2, 0.25) is 0 Å². The fraction of sp³-hybridized carbons (Fsp3) is 0.348. The van der Waals surface area contributed by atoms with Crippen LogP contribution in [0.3, 0.4) is 0 Å². The Morgan fingerprint density at radius 3 is 2.66 bits per heavy atom. The molecule has 2 aliphatic rings. The average molecular weight is 436 g/mol. The third-order valence-electron chi connectivity index (χ3n) is 6.10. The van der Waals surface area contributed by atoms with E-state index >= 15 is 0 Å². The summed E-state index contributed by atoms with van der Waals surface area (Å²) in [5.41, 5.74) is 3.48. The first kappa shape index (κ1) is 20.4. The molecule has 1 saturated heterocycles. The number of hydrogen-bond acceptors (Lipinski definition) is 4. The molecule has 2 amide bonds. The quantitative estimate of drug-likeness (QED) is 0.569. The largest absolute Gasteiger partial charge is 0.357 e. The minimum Gasteiger partial charge on any atom is -0.357 e. The zero-order valence-corrected chi connectivity index (χ0v) is 17.8. The van der Waals surface area contributed by atoms with Crippen LogP contribution >= 0.6 is 0 Å². The number of carbonyl (C=O) groups is 2. The van der Waals surface area contributed by atoms with Gasteiger partial charge in [-0.2, -0.15) is 5.10 Å². The number of aromatic amines is 1. The van der Waals surface area contributed by atoms with Crippen LogP contribution in [0.5, 0.6) is 0 Å². The summed E-state index contributed by atoms with van der Waals surface area (Å²) in [6, 6.07) is 9.90. The first-order chi connectivity index (χ1) is 15.5. The molecule has 0 saturated carbocycles. The van der Waals surface area contributed by atoms with E-state index in [2.05, 4.69) is 20.7 Å². The highest BCUT2D eigenvalue weighted by molar-refractivity contribution is 5.95. The van der Waals surface area contributed by atoms with Crippen molar-refractivity contribution in [1.82, 2.24) is 30.3 Å². The Kier molecular flexibility index (Phi) is 5.26. The number of nitrogens with zero attached hydrogens (tertiary/aromatic N) is 3. The lowest BCUT2D eigenvalue weighted by Crippen LogP contribution is -2.57. The predicted octanol–water partition coefficient (Wildman–Crippen LogP) is 1.86. The number of amides is 2. The molecule has 0 radical (unpaired) electrons. The zero-order chi connectivity index (χ0) is 22.2. The Balaban J connectivity index is 1.49. The molecule has 2 aromatic heterocycles. The van der Waals surface area contributed by atoms with Gasteiger partial charge in [-0.05, 0) is 29.8 Å². The molecular formula is C23H25FN6O2. The molecular weight excluding hydrogens is 411 g/mol. The second-order valence-corrected chi connectivity index (χ2v) is 8.50. The molecule has 2 aliphatic heterocycles. The number of nitrogens with one attached hydrogen (secondary N) is 3. The van der Waals surface area contributed by atoms with Gasteiger partial charge in [0.2, 0.25) is 0 Å².